The van der Waals surface area contributed by atoms with Gasteiger partial charge in [-0.3, -0.25) is 4.79 Å². The van der Waals surface area contributed by atoms with E-state index in [0.717, 1.165) is 11.1 Å². The maximum atomic E-state index is 13.5. The lowest BCUT2D eigenvalue weighted by Gasteiger charge is -2.00. The third-order valence-corrected chi connectivity index (χ3v) is 3.40. The molecule has 1 aliphatic heterocycles. The van der Waals surface area contributed by atoms with Gasteiger partial charge in [-0.2, -0.15) is 0 Å². The van der Waals surface area contributed by atoms with Crippen molar-refractivity contribution >= 4 is 24.4 Å². The Bertz CT molecular complexity index is 727. The summed E-state index contributed by atoms with van der Waals surface area (Å²) in [7, 11) is -0.921. The van der Waals surface area contributed by atoms with Gasteiger partial charge in [-0.05, 0) is 34.8 Å². The summed E-state index contributed by atoms with van der Waals surface area (Å²) in [6, 6.07) is 11.3. The molecule has 0 aromatic heterocycles. The predicted octanol–water partition coefficient (Wildman–Crippen LogP) is 1.94. The fourth-order valence-electron chi connectivity index (χ4n) is 2.26. The number of allylic oxidation sites excluding steroid dienone is 1. The van der Waals surface area contributed by atoms with Gasteiger partial charge in [-0.15, -0.1) is 0 Å². The molecular weight excluding hydrogens is 270 g/mol. The zero-order valence-corrected chi connectivity index (χ0v) is 11.1. The molecule has 0 spiro atoms. The summed E-state index contributed by atoms with van der Waals surface area (Å²) >= 11 is 0. The van der Waals surface area contributed by atoms with E-state index in [4.69, 9.17) is 4.65 Å². The van der Waals surface area contributed by atoms with Crippen LogP contribution in [0.4, 0.5) is 4.39 Å². The van der Waals surface area contributed by atoms with Crippen LogP contribution in [0, 0.1) is 5.82 Å². The number of fused-ring (bicyclic) bond motifs is 1. The molecule has 0 bridgehead atoms. The van der Waals surface area contributed by atoms with E-state index in [-0.39, 0.29) is 5.56 Å². The Balaban J connectivity index is 1.82. The fraction of sp³-hybridized carbons (Fsp3) is 0.0625. The molecule has 0 atom stereocenters. The quantitative estimate of drug-likeness (QED) is 0.531. The highest BCUT2D eigenvalue weighted by Gasteiger charge is 2.26. The van der Waals surface area contributed by atoms with Crippen molar-refractivity contribution in [1.29, 1.82) is 0 Å². The summed E-state index contributed by atoms with van der Waals surface area (Å²) in [5, 5.41) is 9.63. The first-order valence-corrected chi connectivity index (χ1v) is 6.54. The number of benzene rings is 2. The van der Waals surface area contributed by atoms with E-state index in [1.807, 2.05) is 12.1 Å². The van der Waals surface area contributed by atoms with Gasteiger partial charge in [-0.1, -0.05) is 36.4 Å². The summed E-state index contributed by atoms with van der Waals surface area (Å²) in [5.41, 5.74) is 2.43. The van der Waals surface area contributed by atoms with E-state index < -0.39 is 18.7 Å². The number of carbonyl (C=O) groups is 1. The van der Waals surface area contributed by atoms with Gasteiger partial charge in [-0.25, -0.2) is 4.39 Å². The Labute approximate surface area is 121 Å². The molecule has 0 radical (unpaired) electrons. The number of halogens is 1. The van der Waals surface area contributed by atoms with E-state index in [1.165, 1.54) is 24.3 Å². The highest BCUT2D eigenvalue weighted by molar-refractivity contribution is 6.61. The van der Waals surface area contributed by atoms with E-state index in [2.05, 4.69) is 0 Å². The summed E-state index contributed by atoms with van der Waals surface area (Å²) in [6.07, 6.45) is 2.92. The first-order valence-electron chi connectivity index (χ1n) is 6.54. The number of carbonyl (C=O) groups excluding carboxylic acids is 1. The average molecular weight is 282 g/mol. The lowest BCUT2D eigenvalue weighted by Crippen LogP contribution is -2.28. The first kappa shape index (κ1) is 13.7. The van der Waals surface area contributed by atoms with Gasteiger partial charge in [0.25, 0.3) is 0 Å². The molecule has 1 aliphatic rings. The van der Waals surface area contributed by atoms with Gasteiger partial charge < -0.3 is 9.68 Å². The lowest BCUT2D eigenvalue weighted by atomic mass is 9.79. The van der Waals surface area contributed by atoms with Gasteiger partial charge in [0.1, 0.15) is 5.82 Å². The van der Waals surface area contributed by atoms with E-state index in [0.29, 0.717) is 12.1 Å². The molecule has 104 valence electrons. The maximum absolute atomic E-state index is 13.5. The normalized spacial score (nSPS) is 13.7. The number of rotatable bonds is 3. The van der Waals surface area contributed by atoms with E-state index in [1.54, 1.807) is 18.2 Å². The Morgan fingerprint density at radius 2 is 2.10 bits per heavy atom. The first-order chi connectivity index (χ1) is 10.1. The van der Waals surface area contributed by atoms with Crippen molar-refractivity contribution in [2.75, 3.05) is 0 Å². The molecule has 0 aliphatic carbocycles. The van der Waals surface area contributed by atoms with Gasteiger partial charge in [0.15, 0.2) is 5.78 Å². The van der Waals surface area contributed by atoms with Crippen molar-refractivity contribution in [3.63, 3.8) is 0 Å². The molecular formula is C16H12BFO3. The summed E-state index contributed by atoms with van der Waals surface area (Å²) in [5.74, 6) is -0.935. The zero-order chi connectivity index (χ0) is 14.8. The van der Waals surface area contributed by atoms with E-state index in [9.17, 15) is 14.2 Å². The highest BCUT2D eigenvalue weighted by Crippen LogP contribution is 2.13. The van der Waals surface area contributed by atoms with Crippen LogP contribution in [0.5, 0.6) is 0 Å². The molecule has 3 nitrogen and oxygen atoms in total. The second-order valence-electron chi connectivity index (χ2n) is 4.80. The van der Waals surface area contributed by atoms with Gasteiger partial charge in [0.05, 0.1) is 12.2 Å². The minimum absolute atomic E-state index is 0.0401. The minimum atomic E-state index is -0.921. The van der Waals surface area contributed by atoms with Crippen LogP contribution in [0.25, 0.3) is 6.08 Å². The van der Waals surface area contributed by atoms with Crippen molar-refractivity contribution < 1.29 is 18.9 Å². The van der Waals surface area contributed by atoms with E-state index >= 15 is 0 Å². The molecule has 0 unspecified atom stereocenters. The number of hydrogen-bond acceptors (Lipinski definition) is 3. The zero-order valence-electron chi connectivity index (χ0n) is 11.1. The largest absolute Gasteiger partial charge is 0.491 e. The van der Waals surface area contributed by atoms with Crippen molar-refractivity contribution in [2.24, 2.45) is 0 Å². The van der Waals surface area contributed by atoms with Crippen molar-refractivity contribution in [1.82, 2.24) is 0 Å². The summed E-state index contributed by atoms with van der Waals surface area (Å²) < 4.78 is 18.6. The molecule has 21 heavy (non-hydrogen) atoms. The SMILES string of the molecule is O=C(/C=C/c1ccc2c(c1)B(O)OC2)c1ccccc1F. The Morgan fingerprint density at radius 3 is 2.90 bits per heavy atom. The summed E-state index contributed by atoms with van der Waals surface area (Å²) in [4.78, 5) is 11.9. The maximum Gasteiger partial charge on any atom is 0.491 e. The van der Waals surface area contributed by atoms with Crippen LogP contribution < -0.4 is 5.46 Å². The van der Waals surface area contributed by atoms with Crippen molar-refractivity contribution in [2.45, 2.75) is 6.61 Å². The molecule has 2 aromatic carbocycles. The molecule has 0 fully saturated rings. The van der Waals surface area contributed by atoms with Crippen LogP contribution in [0.3, 0.4) is 0 Å². The van der Waals surface area contributed by atoms with Crippen LogP contribution in [0.2, 0.25) is 0 Å². The number of hydrogen-bond donors (Lipinski definition) is 1. The molecule has 0 saturated carbocycles. The van der Waals surface area contributed by atoms with Crippen molar-refractivity contribution in [3.05, 3.63) is 71.0 Å². The van der Waals surface area contributed by atoms with Crippen molar-refractivity contribution in [3.8, 4) is 0 Å². The topological polar surface area (TPSA) is 46.5 Å². The fourth-order valence-corrected chi connectivity index (χ4v) is 2.26. The summed E-state index contributed by atoms with van der Waals surface area (Å²) in [6.45, 7) is 0.384. The standard InChI is InChI=1S/C16H12BFO3/c18-15-4-2-1-3-13(15)16(19)8-6-11-5-7-12-10-21-17(20)14(12)9-11/h1-9,20H,10H2/b8-6+. The minimum Gasteiger partial charge on any atom is -0.423 e. The highest BCUT2D eigenvalue weighted by atomic mass is 19.1. The molecule has 1 N–H and O–H groups in total. The Hall–Kier alpha value is -2.24. The second kappa shape index (κ2) is 5.64. The molecule has 0 saturated heterocycles. The smallest absolute Gasteiger partial charge is 0.423 e. The van der Waals surface area contributed by atoms with Crippen LogP contribution >= 0.6 is 0 Å². The monoisotopic (exact) mass is 282 g/mol. The molecule has 1 heterocycles. The van der Waals surface area contributed by atoms with Crippen LogP contribution in [-0.4, -0.2) is 17.9 Å². The predicted molar refractivity (Wildman–Crippen MR) is 78.6 cm³/mol. The molecule has 2 aromatic rings. The molecule has 5 heteroatoms. The van der Waals surface area contributed by atoms with Crippen LogP contribution in [-0.2, 0) is 11.3 Å². The Kier molecular flexibility index (Phi) is 3.69. The Morgan fingerprint density at radius 1 is 1.29 bits per heavy atom. The average Bonchev–Trinajstić information content (AvgIpc) is 2.86. The second-order valence-corrected chi connectivity index (χ2v) is 4.80. The third kappa shape index (κ3) is 2.79. The third-order valence-electron chi connectivity index (χ3n) is 3.40. The molecule has 3 rings (SSSR count). The van der Waals surface area contributed by atoms with Gasteiger partial charge in [0, 0.05) is 0 Å². The van der Waals surface area contributed by atoms with Crippen LogP contribution in [0.1, 0.15) is 21.5 Å². The van der Waals surface area contributed by atoms with Gasteiger partial charge in [0.2, 0.25) is 0 Å². The molecule has 0 amide bonds. The lowest BCUT2D eigenvalue weighted by molar-refractivity contribution is 0.104. The van der Waals surface area contributed by atoms with Gasteiger partial charge >= 0.3 is 7.12 Å². The number of ketones is 1. The van der Waals surface area contributed by atoms with Crippen LogP contribution in [0.15, 0.2) is 48.5 Å².